The largest absolute Gasteiger partial charge is 0.481 e. The minimum absolute atomic E-state index is 0.177. The lowest BCUT2D eigenvalue weighted by Gasteiger charge is -2.07. The van der Waals surface area contributed by atoms with E-state index in [2.05, 4.69) is 11.9 Å². The van der Waals surface area contributed by atoms with E-state index in [0.717, 1.165) is 23.5 Å². The van der Waals surface area contributed by atoms with Crippen molar-refractivity contribution in [3.8, 4) is 0 Å². The van der Waals surface area contributed by atoms with Gasteiger partial charge in [-0.25, -0.2) is 4.79 Å². The summed E-state index contributed by atoms with van der Waals surface area (Å²) >= 11 is 1.68. The minimum Gasteiger partial charge on any atom is -0.481 e. The standard InChI is InChI=1S/C16H21NO4S/c1-2-10-21-16(20)17-13-7-6-8-14(12-13)22-11-5-3-4-9-15(18)19/h2,6-8,12H,1,3-5,9-11H2,(H,17,20)(H,18,19). The van der Waals surface area contributed by atoms with E-state index in [1.54, 1.807) is 17.8 Å². The average Bonchev–Trinajstić information content (AvgIpc) is 2.49. The smallest absolute Gasteiger partial charge is 0.411 e. The summed E-state index contributed by atoms with van der Waals surface area (Å²) in [6.07, 6.45) is 3.83. The highest BCUT2D eigenvalue weighted by Crippen LogP contribution is 2.23. The molecule has 0 aliphatic heterocycles. The van der Waals surface area contributed by atoms with Gasteiger partial charge in [0.05, 0.1) is 0 Å². The number of anilines is 1. The zero-order valence-electron chi connectivity index (χ0n) is 12.4. The predicted octanol–water partition coefficient (Wildman–Crippen LogP) is 4.16. The molecule has 0 aliphatic rings. The Labute approximate surface area is 134 Å². The van der Waals surface area contributed by atoms with Crippen molar-refractivity contribution < 1.29 is 19.4 Å². The van der Waals surface area contributed by atoms with Gasteiger partial charge in [0.25, 0.3) is 0 Å². The summed E-state index contributed by atoms with van der Waals surface area (Å²) in [7, 11) is 0. The zero-order chi connectivity index (χ0) is 16.2. The first-order valence-electron chi connectivity index (χ1n) is 7.11. The maximum Gasteiger partial charge on any atom is 0.411 e. The number of thioether (sulfide) groups is 1. The molecule has 5 nitrogen and oxygen atoms in total. The van der Waals surface area contributed by atoms with Gasteiger partial charge in [0.15, 0.2) is 0 Å². The van der Waals surface area contributed by atoms with Crippen LogP contribution in [-0.4, -0.2) is 29.5 Å². The van der Waals surface area contributed by atoms with Crippen molar-refractivity contribution in [2.24, 2.45) is 0 Å². The number of nitrogens with one attached hydrogen (secondary N) is 1. The maximum atomic E-state index is 11.4. The van der Waals surface area contributed by atoms with E-state index in [1.165, 1.54) is 6.08 Å². The van der Waals surface area contributed by atoms with Crippen molar-refractivity contribution >= 4 is 29.5 Å². The molecule has 1 amide bonds. The van der Waals surface area contributed by atoms with Crippen LogP contribution in [0.3, 0.4) is 0 Å². The monoisotopic (exact) mass is 323 g/mol. The molecule has 0 saturated heterocycles. The number of rotatable bonds is 10. The molecule has 0 aliphatic carbocycles. The van der Waals surface area contributed by atoms with Crippen LogP contribution >= 0.6 is 11.8 Å². The summed E-state index contributed by atoms with van der Waals surface area (Å²) < 4.78 is 4.86. The number of benzene rings is 1. The van der Waals surface area contributed by atoms with Gasteiger partial charge in [-0.3, -0.25) is 10.1 Å². The maximum absolute atomic E-state index is 11.4. The molecule has 6 heteroatoms. The van der Waals surface area contributed by atoms with Crippen LogP contribution in [-0.2, 0) is 9.53 Å². The molecule has 0 saturated carbocycles. The predicted molar refractivity (Wildman–Crippen MR) is 88.4 cm³/mol. The quantitative estimate of drug-likeness (QED) is 0.384. The van der Waals surface area contributed by atoms with E-state index in [0.29, 0.717) is 12.1 Å². The molecule has 0 radical (unpaired) electrons. The van der Waals surface area contributed by atoms with E-state index in [1.807, 2.05) is 18.2 Å². The lowest BCUT2D eigenvalue weighted by atomic mass is 10.2. The Bertz CT molecular complexity index is 505. The van der Waals surface area contributed by atoms with E-state index in [4.69, 9.17) is 9.84 Å². The molecule has 120 valence electrons. The molecular formula is C16H21NO4S. The second-order valence-corrected chi connectivity index (χ2v) is 5.76. The van der Waals surface area contributed by atoms with E-state index in [-0.39, 0.29) is 13.0 Å². The highest BCUT2D eigenvalue weighted by molar-refractivity contribution is 7.99. The Kier molecular flexibility index (Phi) is 8.83. The number of unbranched alkanes of at least 4 members (excludes halogenated alkanes) is 2. The van der Waals surface area contributed by atoms with Crippen LogP contribution in [0, 0.1) is 0 Å². The van der Waals surface area contributed by atoms with Crippen molar-refractivity contribution in [1.29, 1.82) is 0 Å². The van der Waals surface area contributed by atoms with Crippen molar-refractivity contribution in [1.82, 2.24) is 0 Å². The number of carboxylic acid groups (broad SMARTS) is 1. The fourth-order valence-electron chi connectivity index (χ4n) is 1.70. The van der Waals surface area contributed by atoms with Crippen LogP contribution in [0.5, 0.6) is 0 Å². The van der Waals surface area contributed by atoms with E-state index >= 15 is 0 Å². The number of carbonyl (C=O) groups excluding carboxylic acids is 1. The first-order chi connectivity index (χ1) is 10.6. The molecule has 0 atom stereocenters. The van der Waals surface area contributed by atoms with Crippen molar-refractivity contribution in [3.05, 3.63) is 36.9 Å². The third-order valence-electron chi connectivity index (χ3n) is 2.72. The molecule has 1 aromatic carbocycles. The average molecular weight is 323 g/mol. The normalized spacial score (nSPS) is 10.0. The lowest BCUT2D eigenvalue weighted by molar-refractivity contribution is -0.137. The molecule has 0 fully saturated rings. The summed E-state index contributed by atoms with van der Waals surface area (Å²) in [6, 6.07) is 7.53. The Morgan fingerprint density at radius 3 is 2.86 bits per heavy atom. The summed E-state index contributed by atoms with van der Waals surface area (Å²) in [5.41, 5.74) is 0.685. The number of ether oxygens (including phenoxy) is 1. The molecule has 22 heavy (non-hydrogen) atoms. The van der Waals surface area contributed by atoms with E-state index in [9.17, 15) is 9.59 Å². The van der Waals surface area contributed by atoms with Crippen molar-refractivity contribution in [2.45, 2.75) is 30.6 Å². The topological polar surface area (TPSA) is 75.6 Å². The summed E-state index contributed by atoms with van der Waals surface area (Å²) in [5.74, 6) is 0.180. The van der Waals surface area contributed by atoms with Gasteiger partial charge in [-0.2, -0.15) is 0 Å². The highest BCUT2D eigenvalue weighted by atomic mass is 32.2. The molecule has 0 aromatic heterocycles. The van der Waals surface area contributed by atoms with Gasteiger partial charge in [-0.1, -0.05) is 25.1 Å². The minimum atomic E-state index is -0.741. The number of carbonyl (C=O) groups is 2. The number of aliphatic carboxylic acids is 1. The highest BCUT2D eigenvalue weighted by Gasteiger charge is 2.03. The molecule has 0 heterocycles. The van der Waals surface area contributed by atoms with Gasteiger partial charge >= 0.3 is 12.1 Å². The number of amides is 1. The molecule has 2 N–H and O–H groups in total. The van der Waals surface area contributed by atoms with Crippen LogP contribution in [0.1, 0.15) is 25.7 Å². The van der Waals surface area contributed by atoms with Crippen molar-refractivity contribution in [3.63, 3.8) is 0 Å². The van der Waals surface area contributed by atoms with Crippen LogP contribution in [0.15, 0.2) is 41.8 Å². The van der Waals surface area contributed by atoms with Gasteiger partial charge in [0.2, 0.25) is 0 Å². The fourth-order valence-corrected chi connectivity index (χ4v) is 2.67. The summed E-state index contributed by atoms with van der Waals surface area (Å²) in [5, 5.41) is 11.2. The molecule has 1 rings (SSSR count). The van der Waals surface area contributed by atoms with Gasteiger partial charge in [-0.05, 0) is 36.8 Å². The van der Waals surface area contributed by atoms with Gasteiger partial charge in [-0.15, -0.1) is 11.8 Å². The van der Waals surface area contributed by atoms with Gasteiger partial charge < -0.3 is 9.84 Å². The molecule has 0 bridgehead atoms. The van der Waals surface area contributed by atoms with Crippen LogP contribution < -0.4 is 5.32 Å². The Morgan fingerprint density at radius 1 is 1.32 bits per heavy atom. The van der Waals surface area contributed by atoms with Gasteiger partial charge in [0, 0.05) is 17.0 Å². The third-order valence-corrected chi connectivity index (χ3v) is 3.80. The van der Waals surface area contributed by atoms with Crippen molar-refractivity contribution in [2.75, 3.05) is 17.7 Å². The first-order valence-corrected chi connectivity index (χ1v) is 8.09. The Balaban J connectivity index is 2.30. The van der Waals surface area contributed by atoms with E-state index < -0.39 is 12.1 Å². The second-order valence-electron chi connectivity index (χ2n) is 4.59. The Hall–Kier alpha value is -1.95. The first kappa shape index (κ1) is 18.1. The summed E-state index contributed by atoms with van der Waals surface area (Å²) in [6.45, 7) is 3.65. The second kappa shape index (κ2) is 10.7. The summed E-state index contributed by atoms with van der Waals surface area (Å²) in [4.78, 5) is 22.9. The fraction of sp³-hybridized carbons (Fsp3) is 0.375. The SMILES string of the molecule is C=CCOC(=O)Nc1cccc(SCCCCCC(=O)O)c1. The van der Waals surface area contributed by atoms with Crippen LogP contribution in [0.25, 0.3) is 0 Å². The molecule has 0 unspecified atom stereocenters. The number of carboxylic acids is 1. The number of hydrogen-bond acceptors (Lipinski definition) is 4. The molecule has 1 aromatic rings. The van der Waals surface area contributed by atoms with Gasteiger partial charge in [0.1, 0.15) is 6.61 Å². The molecule has 0 spiro atoms. The number of hydrogen-bond donors (Lipinski definition) is 2. The van der Waals surface area contributed by atoms with Crippen LogP contribution in [0.2, 0.25) is 0 Å². The third kappa shape index (κ3) is 8.36. The zero-order valence-corrected chi connectivity index (χ0v) is 13.2. The Morgan fingerprint density at radius 2 is 2.14 bits per heavy atom. The van der Waals surface area contributed by atoms with Crippen LogP contribution in [0.4, 0.5) is 10.5 Å². The molecular weight excluding hydrogens is 302 g/mol. The lowest BCUT2D eigenvalue weighted by Crippen LogP contribution is -2.13.